The van der Waals surface area contributed by atoms with Crippen molar-refractivity contribution in [3.63, 3.8) is 0 Å². The lowest BCUT2D eigenvalue weighted by Gasteiger charge is -2.07. The molecule has 0 saturated carbocycles. The van der Waals surface area contributed by atoms with E-state index < -0.39 is 5.82 Å². The van der Waals surface area contributed by atoms with E-state index in [-0.39, 0.29) is 18.0 Å². The number of nitrogens with one attached hydrogen (secondary N) is 1. The number of nitrogen functional groups attached to an aromatic ring is 1. The minimum absolute atomic E-state index is 0.103. The fourth-order valence-corrected chi connectivity index (χ4v) is 1.64. The second-order valence-electron chi connectivity index (χ2n) is 4.11. The third-order valence-electron chi connectivity index (χ3n) is 2.60. The van der Waals surface area contributed by atoms with Crippen molar-refractivity contribution in [2.24, 2.45) is 0 Å². The highest BCUT2D eigenvalue weighted by Gasteiger charge is 2.07. The number of halogens is 1. The summed E-state index contributed by atoms with van der Waals surface area (Å²) in [5.74, 6) is -0.768. The second kappa shape index (κ2) is 5.95. The van der Waals surface area contributed by atoms with E-state index in [9.17, 15) is 9.18 Å². The number of benzene rings is 1. The molecule has 0 aliphatic rings. The molecule has 0 fully saturated rings. The van der Waals surface area contributed by atoms with Gasteiger partial charge in [0.2, 0.25) is 5.91 Å². The number of carbonyl (C=O) groups excluding carboxylic acids is 1. The van der Waals surface area contributed by atoms with Gasteiger partial charge in [0.15, 0.2) is 0 Å². The largest absolute Gasteiger partial charge is 0.399 e. The Kier molecular flexibility index (Phi) is 4.07. The molecular formula is C14H14FN3O. The first kappa shape index (κ1) is 13.0. The first-order valence-corrected chi connectivity index (χ1v) is 5.90. The lowest BCUT2D eigenvalue weighted by atomic mass is 10.2. The van der Waals surface area contributed by atoms with Crippen molar-refractivity contribution in [1.82, 2.24) is 4.98 Å². The van der Waals surface area contributed by atoms with Crippen molar-refractivity contribution >= 4 is 17.3 Å². The fourth-order valence-electron chi connectivity index (χ4n) is 1.64. The second-order valence-corrected chi connectivity index (χ2v) is 4.11. The number of amides is 1. The highest BCUT2D eigenvalue weighted by molar-refractivity contribution is 5.91. The molecule has 98 valence electrons. The number of pyridine rings is 1. The molecule has 0 unspecified atom stereocenters. The van der Waals surface area contributed by atoms with E-state index in [0.717, 1.165) is 5.69 Å². The number of nitrogens with two attached hydrogens (primary N) is 1. The molecule has 4 nitrogen and oxygen atoms in total. The molecule has 0 saturated heterocycles. The molecule has 0 atom stereocenters. The third kappa shape index (κ3) is 3.77. The van der Waals surface area contributed by atoms with Crippen LogP contribution in [0.15, 0.2) is 42.6 Å². The molecule has 0 aliphatic heterocycles. The molecule has 0 aliphatic carbocycles. The molecule has 5 heteroatoms. The molecule has 0 bridgehead atoms. The van der Waals surface area contributed by atoms with E-state index in [1.807, 2.05) is 18.2 Å². The van der Waals surface area contributed by atoms with Gasteiger partial charge in [-0.2, -0.15) is 0 Å². The van der Waals surface area contributed by atoms with Crippen LogP contribution in [0.2, 0.25) is 0 Å². The van der Waals surface area contributed by atoms with E-state index in [2.05, 4.69) is 10.3 Å². The summed E-state index contributed by atoms with van der Waals surface area (Å²) in [6.07, 6.45) is 2.42. The number of carbonyl (C=O) groups is 1. The fraction of sp³-hybridized carbons (Fsp3) is 0.143. The van der Waals surface area contributed by atoms with Crippen molar-refractivity contribution in [1.29, 1.82) is 0 Å². The van der Waals surface area contributed by atoms with Gasteiger partial charge < -0.3 is 11.1 Å². The van der Waals surface area contributed by atoms with Crippen LogP contribution in [0.3, 0.4) is 0 Å². The molecule has 1 heterocycles. The summed E-state index contributed by atoms with van der Waals surface area (Å²) in [7, 11) is 0. The lowest BCUT2D eigenvalue weighted by molar-refractivity contribution is -0.116. The monoisotopic (exact) mass is 259 g/mol. The van der Waals surface area contributed by atoms with Crippen LogP contribution >= 0.6 is 0 Å². The van der Waals surface area contributed by atoms with Gasteiger partial charge in [0.25, 0.3) is 0 Å². The van der Waals surface area contributed by atoms with E-state index in [1.165, 1.54) is 18.2 Å². The molecule has 2 rings (SSSR count). The Bertz CT molecular complexity index is 572. The smallest absolute Gasteiger partial charge is 0.224 e. The molecule has 0 radical (unpaired) electrons. The van der Waals surface area contributed by atoms with Crippen LogP contribution in [-0.4, -0.2) is 10.9 Å². The summed E-state index contributed by atoms with van der Waals surface area (Å²) in [5.41, 5.74) is 6.87. The van der Waals surface area contributed by atoms with E-state index >= 15 is 0 Å². The highest BCUT2D eigenvalue weighted by atomic mass is 19.1. The Morgan fingerprint density at radius 1 is 1.32 bits per heavy atom. The van der Waals surface area contributed by atoms with Crippen LogP contribution in [0.1, 0.15) is 12.1 Å². The Labute approximate surface area is 110 Å². The zero-order valence-electron chi connectivity index (χ0n) is 10.3. The number of nitrogens with zero attached hydrogens (tertiary/aromatic N) is 1. The molecule has 1 amide bonds. The average Bonchev–Trinajstić information content (AvgIpc) is 2.42. The number of hydrogen-bond donors (Lipinski definition) is 2. The summed E-state index contributed by atoms with van der Waals surface area (Å²) in [4.78, 5) is 15.8. The van der Waals surface area contributed by atoms with Crippen LogP contribution < -0.4 is 11.1 Å². The summed E-state index contributed by atoms with van der Waals surface area (Å²) in [6, 6.07) is 9.58. The molecular weight excluding hydrogens is 245 g/mol. The lowest BCUT2D eigenvalue weighted by Crippen LogP contribution is -2.14. The van der Waals surface area contributed by atoms with Crippen molar-refractivity contribution in [3.05, 3.63) is 54.1 Å². The maximum Gasteiger partial charge on any atom is 0.224 e. The quantitative estimate of drug-likeness (QED) is 0.828. The van der Waals surface area contributed by atoms with E-state index in [4.69, 9.17) is 5.73 Å². The highest BCUT2D eigenvalue weighted by Crippen LogP contribution is 2.17. The van der Waals surface area contributed by atoms with Gasteiger partial charge in [-0.25, -0.2) is 4.39 Å². The summed E-state index contributed by atoms with van der Waals surface area (Å²) < 4.78 is 13.4. The van der Waals surface area contributed by atoms with Gasteiger partial charge in [-0.1, -0.05) is 6.07 Å². The van der Waals surface area contributed by atoms with Gasteiger partial charge in [0.05, 0.1) is 5.69 Å². The van der Waals surface area contributed by atoms with E-state index in [0.29, 0.717) is 12.1 Å². The molecule has 1 aromatic heterocycles. The zero-order chi connectivity index (χ0) is 13.7. The molecule has 3 N–H and O–H groups in total. The van der Waals surface area contributed by atoms with Gasteiger partial charge in [0.1, 0.15) is 5.82 Å². The van der Waals surface area contributed by atoms with Gasteiger partial charge in [-0.15, -0.1) is 0 Å². The number of rotatable bonds is 4. The number of aromatic nitrogens is 1. The van der Waals surface area contributed by atoms with Crippen LogP contribution in [0.25, 0.3) is 0 Å². The summed E-state index contributed by atoms with van der Waals surface area (Å²) in [5, 5.41) is 2.50. The topological polar surface area (TPSA) is 68.0 Å². The maximum atomic E-state index is 13.4. The van der Waals surface area contributed by atoms with Crippen molar-refractivity contribution in [2.75, 3.05) is 11.1 Å². The molecule has 19 heavy (non-hydrogen) atoms. The van der Waals surface area contributed by atoms with E-state index in [1.54, 1.807) is 6.20 Å². The SMILES string of the molecule is Nc1ccc(F)c(NC(=O)CCc2ccccn2)c1. The number of anilines is 2. The van der Waals surface area contributed by atoms with Crippen molar-refractivity contribution < 1.29 is 9.18 Å². The predicted molar refractivity (Wildman–Crippen MR) is 72.0 cm³/mol. The van der Waals surface area contributed by atoms with Gasteiger partial charge in [-0.3, -0.25) is 9.78 Å². The Morgan fingerprint density at radius 3 is 2.89 bits per heavy atom. The predicted octanol–water partition coefficient (Wildman–Crippen LogP) is 2.37. The molecule has 1 aromatic carbocycles. The van der Waals surface area contributed by atoms with Crippen LogP contribution in [0, 0.1) is 5.82 Å². The average molecular weight is 259 g/mol. The summed E-state index contributed by atoms with van der Waals surface area (Å²) >= 11 is 0. The first-order chi connectivity index (χ1) is 9.15. The number of hydrogen-bond acceptors (Lipinski definition) is 3. The van der Waals surface area contributed by atoms with Crippen LogP contribution in [-0.2, 0) is 11.2 Å². The normalized spacial score (nSPS) is 10.2. The Morgan fingerprint density at radius 2 is 2.16 bits per heavy atom. The maximum absolute atomic E-state index is 13.4. The zero-order valence-corrected chi connectivity index (χ0v) is 10.3. The van der Waals surface area contributed by atoms with Gasteiger partial charge >= 0.3 is 0 Å². The van der Waals surface area contributed by atoms with Crippen molar-refractivity contribution in [3.8, 4) is 0 Å². The Balaban J connectivity index is 1.93. The Hall–Kier alpha value is -2.43. The van der Waals surface area contributed by atoms with Gasteiger partial charge in [-0.05, 0) is 36.8 Å². The minimum atomic E-state index is -0.500. The van der Waals surface area contributed by atoms with Crippen molar-refractivity contribution in [2.45, 2.75) is 12.8 Å². The molecule has 0 spiro atoms. The number of aryl methyl sites for hydroxylation is 1. The van der Waals surface area contributed by atoms with Crippen LogP contribution in [0.4, 0.5) is 15.8 Å². The van der Waals surface area contributed by atoms with Crippen LogP contribution in [0.5, 0.6) is 0 Å². The molecule has 2 aromatic rings. The standard InChI is InChI=1S/C14H14FN3O/c15-12-6-4-10(16)9-13(12)18-14(19)7-5-11-3-1-2-8-17-11/h1-4,6,8-9H,5,7,16H2,(H,18,19). The summed E-state index contributed by atoms with van der Waals surface area (Å²) in [6.45, 7) is 0. The van der Waals surface area contributed by atoms with Gasteiger partial charge in [0, 0.05) is 24.0 Å². The minimum Gasteiger partial charge on any atom is -0.399 e. The third-order valence-corrected chi connectivity index (χ3v) is 2.60. The first-order valence-electron chi connectivity index (χ1n) is 5.90.